The van der Waals surface area contributed by atoms with Crippen LogP contribution in [0.25, 0.3) is 0 Å². The Kier molecular flexibility index (Phi) is 4.37. The number of benzene rings is 2. The lowest BCUT2D eigenvalue weighted by Gasteiger charge is -2.21. The van der Waals surface area contributed by atoms with Gasteiger partial charge in [0.1, 0.15) is 11.5 Å². The number of anilines is 2. The van der Waals surface area contributed by atoms with Crippen LogP contribution in [0.5, 0.6) is 11.5 Å². The predicted octanol–water partition coefficient (Wildman–Crippen LogP) is 3.31. The van der Waals surface area contributed by atoms with Crippen molar-refractivity contribution in [3.63, 3.8) is 0 Å². The zero-order valence-electron chi connectivity index (χ0n) is 13.3. The lowest BCUT2D eigenvalue weighted by Crippen LogP contribution is -2.19. The molecule has 1 aliphatic rings. The van der Waals surface area contributed by atoms with Gasteiger partial charge in [0, 0.05) is 23.9 Å². The molecule has 0 aliphatic carbocycles. The van der Waals surface area contributed by atoms with Crippen molar-refractivity contribution in [2.75, 3.05) is 31.4 Å². The molecule has 120 valence electrons. The zero-order chi connectivity index (χ0) is 16.2. The van der Waals surface area contributed by atoms with Crippen molar-refractivity contribution in [3.05, 3.63) is 47.5 Å². The maximum atomic E-state index is 12.7. The van der Waals surface area contributed by atoms with Crippen LogP contribution in [0.15, 0.2) is 36.4 Å². The average molecular weight is 312 g/mol. The number of fused-ring (bicyclic) bond motifs is 1. The summed E-state index contributed by atoms with van der Waals surface area (Å²) in [5.41, 5.74) is 3.40. The van der Waals surface area contributed by atoms with Gasteiger partial charge in [0.2, 0.25) is 0 Å². The van der Waals surface area contributed by atoms with Crippen molar-refractivity contribution in [3.8, 4) is 11.5 Å². The minimum atomic E-state index is -0.142. The van der Waals surface area contributed by atoms with Crippen molar-refractivity contribution >= 4 is 17.3 Å². The topological polar surface area (TPSA) is 59.6 Å². The largest absolute Gasteiger partial charge is 0.497 e. The molecule has 23 heavy (non-hydrogen) atoms. The maximum Gasteiger partial charge on any atom is 0.256 e. The Labute approximate surface area is 135 Å². The van der Waals surface area contributed by atoms with E-state index >= 15 is 0 Å². The quantitative estimate of drug-likeness (QED) is 0.909. The summed E-state index contributed by atoms with van der Waals surface area (Å²) in [6.07, 6.45) is 1.93. The lowest BCUT2D eigenvalue weighted by atomic mass is 9.97. The van der Waals surface area contributed by atoms with Gasteiger partial charge in [-0.3, -0.25) is 4.79 Å². The third kappa shape index (κ3) is 3.08. The summed E-state index contributed by atoms with van der Waals surface area (Å²) in [6, 6.07) is 11.1. The van der Waals surface area contributed by atoms with Crippen LogP contribution in [0.4, 0.5) is 11.4 Å². The van der Waals surface area contributed by atoms with Crippen LogP contribution in [0.3, 0.4) is 0 Å². The number of carbonyl (C=O) groups excluding carboxylic acids is 1. The van der Waals surface area contributed by atoms with Gasteiger partial charge in [-0.1, -0.05) is 6.07 Å². The second kappa shape index (κ2) is 6.60. The van der Waals surface area contributed by atoms with Gasteiger partial charge in [-0.2, -0.15) is 0 Å². The number of nitrogens with one attached hydrogen (secondary N) is 2. The third-order valence-corrected chi connectivity index (χ3v) is 3.99. The average Bonchev–Trinajstić information content (AvgIpc) is 2.61. The van der Waals surface area contributed by atoms with Gasteiger partial charge in [-0.15, -0.1) is 0 Å². The zero-order valence-corrected chi connectivity index (χ0v) is 13.3. The molecular weight excluding hydrogens is 292 g/mol. The molecule has 1 amide bonds. The first-order valence-electron chi connectivity index (χ1n) is 7.62. The van der Waals surface area contributed by atoms with E-state index in [4.69, 9.17) is 9.47 Å². The molecule has 5 heteroatoms. The smallest absolute Gasteiger partial charge is 0.256 e. The predicted molar refractivity (Wildman–Crippen MR) is 90.8 cm³/mol. The normalized spacial score (nSPS) is 12.8. The Balaban J connectivity index is 1.91. The van der Waals surface area contributed by atoms with Crippen LogP contribution in [0.2, 0.25) is 0 Å². The van der Waals surface area contributed by atoms with E-state index in [1.54, 1.807) is 32.4 Å². The Morgan fingerprint density at radius 1 is 1.17 bits per heavy atom. The summed E-state index contributed by atoms with van der Waals surface area (Å²) in [5.74, 6) is 1.12. The molecule has 0 bridgehead atoms. The van der Waals surface area contributed by atoms with E-state index in [1.165, 1.54) is 0 Å². The van der Waals surface area contributed by atoms with E-state index < -0.39 is 0 Å². The van der Waals surface area contributed by atoms with E-state index in [0.29, 0.717) is 22.7 Å². The van der Waals surface area contributed by atoms with Crippen LogP contribution in [0.1, 0.15) is 22.3 Å². The number of amides is 1. The van der Waals surface area contributed by atoms with Crippen LogP contribution in [-0.4, -0.2) is 26.7 Å². The summed E-state index contributed by atoms with van der Waals surface area (Å²) in [5, 5.41) is 6.27. The van der Waals surface area contributed by atoms with Gasteiger partial charge in [-0.05, 0) is 42.7 Å². The second-order valence-corrected chi connectivity index (χ2v) is 5.38. The molecule has 0 saturated carbocycles. The van der Waals surface area contributed by atoms with Crippen molar-refractivity contribution in [1.82, 2.24) is 0 Å². The highest BCUT2D eigenvalue weighted by Gasteiger charge is 2.18. The molecule has 5 nitrogen and oxygen atoms in total. The van der Waals surface area contributed by atoms with E-state index in [0.717, 1.165) is 30.6 Å². The van der Waals surface area contributed by atoms with E-state index in [2.05, 4.69) is 10.6 Å². The van der Waals surface area contributed by atoms with E-state index in [9.17, 15) is 4.79 Å². The monoisotopic (exact) mass is 312 g/mol. The van der Waals surface area contributed by atoms with Gasteiger partial charge in [0.05, 0.1) is 19.9 Å². The molecule has 0 spiro atoms. The van der Waals surface area contributed by atoms with E-state index in [1.807, 2.05) is 18.2 Å². The van der Waals surface area contributed by atoms with Crippen molar-refractivity contribution in [1.29, 1.82) is 0 Å². The number of hydrogen-bond donors (Lipinski definition) is 2. The van der Waals surface area contributed by atoms with Gasteiger partial charge in [0.25, 0.3) is 5.91 Å². The first-order chi connectivity index (χ1) is 11.2. The van der Waals surface area contributed by atoms with Crippen molar-refractivity contribution < 1.29 is 14.3 Å². The lowest BCUT2D eigenvalue weighted by molar-refractivity contribution is 0.102. The number of ether oxygens (including phenoxy) is 2. The molecule has 0 saturated heterocycles. The van der Waals surface area contributed by atoms with Crippen molar-refractivity contribution in [2.45, 2.75) is 12.8 Å². The molecule has 1 heterocycles. The summed E-state index contributed by atoms with van der Waals surface area (Å²) < 4.78 is 10.5. The number of carbonyl (C=O) groups is 1. The fourth-order valence-corrected chi connectivity index (χ4v) is 2.82. The Bertz CT molecular complexity index is 728. The minimum absolute atomic E-state index is 0.142. The van der Waals surface area contributed by atoms with Crippen LogP contribution >= 0.6 is 0 Å². The highest BCUT2D eigenvalue weighted by atomic mass is 16.5. The van der Waals surface area contributed by atoms with Crippen molar-refractivity contribution in [2.24, 2.45) is 0 Å². The standard InChI is InChI=1S/C18H20N2O3/c1-22-12-8-9-17(23-2)16(11-12)20-18(21)14-5-3-7-15-13(14)6-4-10-19-15/h3,5,7-9,11,19H,4,6,10H2,1-2H3,(H,20,21). The number of methoxy groups -OCH3 is 2. The van der Waals surface area contributed by atoms with Crippen LogP contribution in [-0.2, 0) is 6.42 Å². The van der Waals surface area contributed by atoms with Gasteiger partial charge < -0.3 is 20.1 Å². The molecule has 0 aromatic heterocycles. The molecule has 2 aromatic carbocycles. The number of hydrogen-bond acceptors (Lipinski definition) is 4. The summed E-state index contributed by atoms with van der Waals surface area (Å²) in [7, 11) is 3.17. The molecular formula is C18H20N2O3. The first-order valence-corrected chi connectivity index (χ1v) is 7.62. The Hall–Kier alpha value is -2.69. The third-order valence-electron chi connectivity index (χ3n) is 3.99. The van der Waals surface area contributed by atoms with Gasteiger partial charge in [-0.25, -0.2) is 0 Å². The Morgan fingerprint density at radius 3 is 2.83 bits per heavy atom. The first kappa shape index (κ1) is 15.2. The Morgan fingerprint density at radius 2 is 2.04 bits per heavy atom. The van der Waals surface area contributed by atoms with Gasteiger partial charge in [0.15, 0.2) is 0 Å². The van der Waals surface area contributed by atoms with E-state index in [-0.39, 0.29) is 5.91 Å². The highest BCUT2D eigenvalue weighted by molar-refractivity contribution is 6.07. The van der Waals surface area contributed by atoms with Crippen LogP contribution < -0.4 is 20.1 Å². The molecule has 3 rings (SSSR count). The molecule has 0 atom stereocenters. The molecule has 1 aliphatic heterocycles. The molecule has 0 unspecified atom stereocenters. The van der Waals surface area contributed by atoms with Gasteiger partial charge >= 0.3 is 0 Å². The maximum absolute atomic E-state index is 12.7. The summed E-state index contributed by atoms with van der Waals surface area (Å²) >= 11 is 0. The second-order valence-electron chi connectivity index (χ2n) is 5.38. The highest BCUT2D eigenvalue weighted by Crippen LogP contribution is 2.31. The minimum Gasteiger partial charge on any atom is -0.497 e. The summed E-state index contributed by atoms with van der Waals surface area (Å²) in [4.78, 5) is 12.7. The molecule has 0 fully saturated rings. The fourth-order valence-electron chi connectivity index (χ4n) is 2.82. The fraction of sp³-hybridized carbons (Fsp3) is 0.278. The molecule has 0 radical (unpaired) electrons. The molecule has 2 aromatic rings. The number of rotatable bonds is 4. The van der Waals surface area contributed by atoms with Crippen LogP contribution in [0, 0.1) is 0 Å². The summed E-state index contributed by atoms with van der Waals surface area (Å²) in [6.45, 7) is 0.946. The SMILES string of the molecule is COc1ccc(OC)c(NC(=O)c2cccc3c2CCCN3)c1. The molecule has 2 N–H and O–H groups in total.